The van der Waals surface area contributed by atoms with Crippen LogP contribution in [0.25, 0.3) is 0 Å². The summed E-state index contributed by atoms with van der Waals surface area (Å²) in [6.07, 6.45) is 7.09. The van der Waals surface area contributed by atoms with Crippen LogP contribution in [0.3, 0.4) is 0 Å². The van der Waals surface area contributed by atoms with Crippen LogP contribution in [0, 0.1) is 5.92 Å². The summed E-state index contributed by atoms with van der Waals surface area (Å²) >= 11 is 1.55. The number of carbonyl (C=O) groups is 1. The Kier molecular flexibility index (Phi) is 5.19. The molecule has 3 nitrogen and oxygen atoms in total. The third-order valence-electron chi connectivity index (χ3n) is 4.69. The number of hydrogen-bond acceptors (Lipinski definition) is 4. The van der Waals surface area contributed by atoms with E-state index in [9.17, 15) is 4.79 Å². The van der Waals surface area contributed by atoms with Gasteiger partial charge < -0.3 is 4.90 Å². The third kappa shape index (κ3) is 3.22. The SMILES string of the molecule is CCC(C)c1nc(N(C)C2CCC(C)CC2)sc1C=O. The van der Waals surface area contributed by atoms with E-state index in [0.29, 0.717) is 12.0 Å². The molecule has 1 fully saturated rings. The molecule has 1 unspecified atom stereocenters. The first kappa shape index (κ1) is 15.5. The van der Waals surface area contributed by atoms with E-state index in [1.807, 2.05) is 0 Å². The molecular weight excluding hydrogens is 268 g/mol. The molecule has 1 aliphatic rings. The van der Waals surface area contributed by atoms with Gasteiger partial charge in [-0.1, -0.05) is 32.1 Å². The molecule has 1 saturated carbocycles. The minimum Gasteiger partial charge on any atom is -0.348 e. The van der Waals surface area contributed by atoms with Crippen LogP contribution in [-0.4, -0.2) is 24.4 Å². The molecule has 0 saturated heterocycles. The molecule has 1 atom stereocenters. The van der Waals surface area contributed by atoms with Gasteiger partial charge in [0.15, 0.2) is 11.4 Å². The highest BCUT2D eigenvalue weighted by atomic mass is 32.1. The molecule has 2 rings (SSSR count). The number of nitrogens with zero attached hydrogens (tertiary/aromatic N) is 2. The first-order valence-corrected chi connectivity index (χ1v) is 8.57. The average Bonchev–Trinajstić information content (AvgIpc) is 2.90. The van der Waals surface area contributed by atoms with Gasteiger partial charge in [-0.15, -0.1) is 0 Å². The number of aldehydes is 1. The van der Waals surface area contributed by atoms with E-state index in [4.69, 9.17) is 4.98 Å². The van der Waals surface area contributed by atoms with Crippen LogP contribution in [0.1, 0.15) is 74.2 Å². The monoisotopic (exact) mass is 294 g/mol. The second kappa shape index (κ2) is 6.70. The van der Waals surface area contributed by atoms with E-state index in [0.717, 1.165) is 34.3 Å². The van der Waals surface area contributed by atoms with Crippen molar-refractivity contribution < 1.29 is 4.79 Å². The van der Waals surface area contributed by atoms with Crippen LogP contribution in [0.5, 0.6) is 0 Å². The van der Waals surface area contributed by atoms with Crippen molar-refractivity contribution in [1.29, 1.82) is 0 Å². The Morgan fingerprint density at radius 1 is 1.40 bits per heavy atom. The lowest BCUT2D eigenvalue weighted by atomic mass is 9.87. The highest BCUT2D eigenvalue weighted by Crippen LogP contribution is 2.34. The molecule has 0 bridgehead atoms. The number of rotatable bonds is 5. The largest absolute Gasteiger partial charge is 0.348 e. The predicted octanol–water partition coefficient (Wildman–Crippen LogP) is 4.48. The molecule has 112 valence electrons. The molecule has 0 spiro atoms. The molecule has 0 radical (unpaired) electrons. The van der Waals surface area contributed by atoms with Crippen LogP contribution in [0.4, 0.5) is 5.13 Å². The molecule has 1 aromatic rings. The van der Waals surface area contributed by atoms with Crippen molar-refractivity contribution in [3.8, 4) is 0 Å². The Bertz CT molecular complexity index is 449. The van der Waals surface area contributed by atoms with Gasteiger partial charge in [-0.3, -0.25) is 4.79 Å². The first-order valence-electron chi connectivity index (χ1n) is 7.75. The molecule has 1 aliphatic carbocycles. The van der Waals surface area contributed by atoms with E-state index in [2.05, 4.69) is 32.7 Å². The number of aromatic nitrogens is 1. The van der Waals surface area contributed by atoms with Gasteiger partial charge in [-0.05, 0) is 43.9 Å². The zero-order valence-corrected chi connectivity index (χ0v) is 13.9. The lowest BCUT2D eigenvalue weighted by molar-refractivity contribution is 0.112. The fourth-order valence-corrected chi connectivity index (χ4v) is 3.93. The second-order valence-electron chi connectivity index (χ2n) is 6.20. The van der Waals surface area contributed by atoms with Crippen molar-refractivity contribution in [3.63, 3.8) is 0 Å². The summed E-state index contributed by atoms with van der Waals surface area (Å²) in [5.41, 5.74) is 0.985. The summed E-state index contributed by atoms with van der Waals surface area (Å²) < 4.78 is 0. The van der Waals surface area contributed by atoms with Gasteiger partial charge in [0.2, 0.25) is 0 Å². The van der Waals surface area contributed by atoms with Crippen LogP contribution < -0.4 is 4.90 Å². The molecule has 0 N–H and O–H groups in total. The molecule has 20 heavy (non-hydrogen) atoms. The quantitative estimate of drug-likeness (QED) is 0.750. The van der Waals surface area contributed by atoms with E-state index in [-0.39, 0.29) is 0 Å². The van der Waals surface area contributed by atoms with Crippen LogP contribution in [0.2, 0.25) is 0 Å². The average molecular weight is 294 g/mol. The van der Waals surface area contributed by atoms with Gasteiger partial charge in [0.1, 0.15) is 0 Å². The number of thiazole rings is 1. The molecule has 4 heteroatoms. The highest BCUT2D eigenvalue weighted by molar-refractivity contribution is 7.17. The Morgan fingerprint density at radius 3 is 2.60 bits per heavy atom. The summed E-state index contributed by atoms with van der Waals surface area (Å²) in [5, 5.41) is 1.02. The number of carbonyl (C=O) groups excluding carboxylic acids is 1. The molecule has 1 aromatic heterocycles. The Labute approximate surface area is 126 Å². The summed E-state index contributed by atoms with van der Waals surface area (Å²) in [4.78, 5) is 19.1. The maximum Gasteiger partial charge on any atom is 0.186 e. The fourth-order valence-electron chi connectivity index (χ4n) is 2.90. The van der Waals surface area contributed by atoms with Gasteiger partial charge in [0, 0.05) is 13.1 Å². The van der Waals surface area contributed by atoms with Crippen molar-refractivity contribution in [1.82, 2.24) is 4.98 Å². The third-order valence-corrected chi connectivity index (χ3v) is 5.78. The van der Waals surface area contributed by atoms with E-state index in [1.165, 1.54) is 25.7 Å². The fraction of sp³-hybridized carbons (Fsp3) is 0.750. The number of anilines is 1. The summed E-state index contributed by atoms with van der Waals surface area (Å²) in [6.45, 7) is 6.63. The van der Waals surface area contributed by atoms with Gasteiger partial charge in [0.25, 0.3) is 0 Å². The highest BCUT2D eigenvalue weighted by Gasteiger charge is 2.25. The zero-order valence-electron chi connectivity index (χ0n) is 13.1. The standard InChI is InChI=1S/C16H26N2OS/c1-5-12(3)15-14(10-19)20-16(17-15)18(4)13-8-6-11(2)7-9-13/h10-13H,5-9H2,1-4H3. The van der Waals surface area contributed by atoms with Gasteiger partial charge in [-0.25, -0.2) is 4.98 Å². The van der Waals surface area contributed by atoms with Crippen LogP contribution in [-0.2, 0) is 0 Å². The van der Waals surface area contributed by atoms with E-state index < -0.39 is 0 Å². The van der Waals surface area contributed by atoms with E-state index in [1.54, 1.807) is 11.3 Å². The Hall–Kier alpha value is -0.900. The molecule has 1 heterocycles. The van der Waals surface area contributed by atoms with Gasteiger partial charge in [0.05, 0.1) is 10.6 Å². The molecule has 0 aliphatic heterocycles. The minimum absolute atomic E-state index is 0.361. The lowest BCUT2D eigenvalue weighted by Gasteiger charge is -2.33. The summed E-state index contributed by atoms with van der Waals surface area (Å²) in [6, 6.07) is 0.585. The molecule has 0 aromatic carbocycles. The Morgan fingerprint density at radius 2 is 2.05 bits per heavy atom. The normalized spacial score (nSPS) is 24.4. The second-order valence-corrected chi connectivity index (χ2v) is 7.21. The maximum atomic E-state index is 11.3. The predicted molar refractivity (Wildman–Crippen MR) is 86.0 cm³/mol. The van der Waals surface area contributed by atoms with Gasteiger partial charge >= 0.3 is 0 Å². The van der Waals surface area contributed by atoms with Crippen molar-refractivity contribution >= 4 is 22.8 Å². The maximum absolute atomic E-state index is 11.3. The summed E-state index contributed by atoms with van der Waals surface area (Å²) in [7, 11) is 2.13. The summed E-state index contributed by atoms with van der Waals surface area (Å²) in [5.74, 6) is 1.22. The van der Waals surface area contributed by atoms with Crippen molar-refractivity contribution in [2.75, 3.05) is 11.9 Å². The van der Waals surface area contributed by atoms with Crippen molar-refractivity contribution in [3.05, 3.63) is 10.6 Å². The minimum atomic E-state index is 0.361. The smallest absolute Gasteiger partial charge is 0.186 e. The topological polar surface area (TPSA) is 33.2 Å². The van der Waals surface area contributed by atoms with Crippen LogP contribution in [0.15, 0.2) is 0 Å². The van der Waals surface area contributed by atoms with E-state index >= 15 is 0 Å². The van der Waals surface area contributed by atoms with Crippen LogP contribution >= 0.6 is 11.3 Å². The lowest BCUT2D eigenvalue weighted by Crippen LogP contribution is -2.34. The van der Waals surface area contributed by atoms with Crippen molar-refractivity contribution in [2.24, 2.45) is 5.92 Å². The van der Waals surface area contributed by atoms with Crippen molar-refractivity contribution in [2.45, 2.75) is 64.8 Å². The zero-order chi connectivity index (χ0) is 14.7. The van der Waals surface area contributed by atoms with Gasteiger partial charge in [-0.2, -0.15) is 0 Å². The number of hydrogen-bond donors (Lipinski definition) is 0. The molecule has 0 amide bonds. The molecular formula is C16H26N2OS. The Balaban J connectivity index is 2.15. The first-order chi connectivity index (χ1) is 9.56.